The lowest BCUT2D eigenvalue weighted by molar-refractivity contribution is -0.140. The molecule has 5 heteroatoms. The summed E-state index contributed by atoms with van der Waals surface area (Å²) in [6, 6.07) is 15.0. The second kappa shape index (κ2) is 11.0. The van der Waals surface area contributed by atoms with Crippen LogP contribution in [-0.2, 0) is 22.6 Å². The summed E-state index contributed by atoms with van der Waals surface area (Å²) in [5.41, 5.74) is 3.09. The third-order valence-electron chi connectivity index (χ3n) is 5.02. The monoisotopic (exact) mass is 414 g/mol. The third-order valence-corrected chi connectivity index (χ3v) is 5.39. The number of hydrogen-bond acceptors (Lipinski definition) is 2. The van der Waals surface area contributed by atoms with Crippen LogP contribution in [0.5, 0.6) is 0 Å². The Labute approximate surface area is 179 Å². The summed E-state index contributed by atoms with van der Waals surface area (Å²) >= 11 is 6.23. The molecule has 0 aromatic heterocycles. The van der Waals surface area contributed by atoms with Crippen molar-refractivity contribution in [2.24, 2.45) is 5.92 Å². The van der Waals surface area contributed by atoms with Gasteiger partial charge >= 0.3 is 0 Å². The van der Waals surface area contributed by atoms with Crippen molar-refractivity contribution in [2.45, 2.75) is 53.1 Å². The van der Waals surface area contributed by atoms with Crippen molar-refractivity contribution in [3.8, 4) is 0 Å². The van der Waals surface area contributed by atoms with Gasteiger partial charge in [-0.05, 0) is 48.9 Å². The Hall–Kier alpha value is -2.33. The molecule has 1 atom stereocenters. The summed E-state index contributed by atoms with van der Waals surface area (Å²) < 4.78 is 0. The number of benzene rings is 2. The van der Waals surface area contributed by atoms with Crippen molar-refractivity contribution in [2.75, 3.05) is 6.54 Å². The highest BCUT2D eigenvalue weighted by Crippen LogP contribution is 2.19. The van der Waals surface area contributed by atoms with Gasteiger partial charge in [-0.15, -0.1) is 0 Å². The molecule has 0 aliphatic heterocycles. The number of amides is 2. The molecule has 0 spiro atoms. The van der Waals surface area contributed by atoms with Gasteiger partial charge in [-0.1, -0.05) is 67.9 Å². The van der Waals surface area contributed by atoms with Crippen LogP contribution in [0.25, 0.3) is 0 Å². The Bertz CT molecular complexity index is 835. The summed E-state index contributed by atoms with van der Waals surface area (Å²) in [7, 11) is 0. The van der Waals surface area contributed by atoms with Crippen LogP contribution < -0.4 is 5.32 Å². The summed E-state index contributed by atoms with van der Waals surface area (Å²) in [5, 5.41) is 3.61. The fourth-order valence-corrected chi connectivity index (χ4v) is 3.32. The average Bonchev–Trinajstić information content (AvgIpc) is 2.70. The zero-order chi connectivity index (χ0) is 21.4. The third kappa shape index (κ3) is 6.90. The Balaban J connectivity index is 2.16. The molecule has 29 heavy (non-hydrogen) atoms. The van der Waals surface area contributed by atoms with Crippen LogP contribution in [-0.4, -0.2) is 29.3 Å². The van der Waals surface area contributed by atoms with Crippen LogP contribution in [0, 0.1) is 12.8 Å². The van der Waals surface area contributed by atoms with Crippen molar-refractivity contribution in [3.05, 3.63) is 70.2 Å². The highest BCUT2D eigenvalue weighted by Gasteiger charge is 2.26. The Kier molecular flexibility index (Phi) is 8.71. The van der Waals surface area contributed by atoms with Crippen molar-refractivity contribution >= 4 is 23.4 Å². The molecule has 0 bridgehead atoms. The molecule has 2 amide bonds. The lowest BCUT2D eigenvalue weighted by Crippen LogP contribution is -2.48. The van der Waals surface area contributed by atoms with Gasteiger partial charge in [0, 0.05) is 24.5 Å². The van der Waals surface area contributed by atoms with Crippen molar-refractivity contribution in [1.82, 2.24) is 10.2 Å². The number of aryl methyl sites for hydroxylation is 2. The van der Waals surface area contributed by atoms with Gasteiger partial charge in [0.1, 0.15) is 6.04 Å². The van der Waals surface area contributed by atoms with E-state index in [1.165, 1.54) is 0 Å². The van der Waals surface area contributed by atoms with Gasteiger partial charge in [0.05, 0.1) is 0 Å². The van der Waals surface area contributed by atoms with Crippen LogP contribution in [0.3, 0.4) is 0 Å². The lowest BCUT2D eigenvalue weighted by Gasteiger charge is -2.29. The standard InChI is InChI=1S/C24H31ClN2O2/c1-17(2)15-26-24(29)19(4)27(16-21-11-6-5-9-18(21)3)23(28)14-13-20-10-7-8-12-22(20)25/h5-12,17,19H,13-16H2,1-4H3,(H,26,29)/t19-/m0/s1. The first-order chi connectivity index (χ1) is 13.8. The molecule has 0 saturated heterocycles. The average molecular weight is 415 g/mol. The molecule has 2 rings (SSSR count). The first kappa shape index (κ1) is 23.0. The molecule has 0 unspecified atom stereocenters. The number of hydrogen-bond donors (Lipinski definition) is 1. The van der Waals surface area contributed by atoms with E-state index in [0.29, 0.717) is 36.9 Å². The lowest BCUT2D eigenvalue weighted by atomic mass is 10.1. The van der Waals surface area contributed by atoms with E-state index < -0.39 is 6.04 Å². The maximum absolute atomic E-state index is 13.1. The van der Waals surface area contributed by atoms with E-state index in [1.54, 1.807) is 11.8 Å². The first-order valence-corrected chi connectivity index (χ1v) is 10.5. The predicted octanol–water partition coefficient (Wildman–Crippen LogP) is 4.77. The van der Waals surface area contributed by atoms with Crippen LogP contribution in [0.2, 0.25) is 5.02 Å². The van der Waals surface area contributed by atoms with Crippen LogP contribution >= 0.6 is 11.6 Å². The number of carbonyl (C=O) groups is 2. The Morgan fingerprint density at radius 3 is 2.24 bits per heavy atom. The van der Waals surface area contributed by atoms with E-state index >= 15 is 0 Å². The fraction of sp³-hybridized carbons (Fsp3) is 0.417. The van der Waals surface area contributed by atoms with E-state index in [0.717, 1.165) is 16.7 Å². The van der Waals surface area contributed by atoms with Crippen molar-refractivity contribution in [3.63, 3.8) is 0 Å². The fourth-order valence-electron chi connectivity index (χ4n) is 3.09. The van der Waals surface area contributed by atoms with E-state index in [9.17, 15) is 9.59 Å². The number of nitrogens with zero attached hydrogens (tertiary/aromatic N) is 1. The summed E-state index contributed by atoms with van der Waals surface area (Å²) in [5.74, 6) is 0.172. The van der Waals surface area contributed by atoms with E-state index in [1.807, 2.05) is 69.3 Å². The predicted molar refractivity (Wildman–Crippen MR) is 119 cm³/mol. The van der Waals surface area contributed by atoms with Crippen molar-refractivity contribution in [1.29, 1.82) is 0 Å². The zero-order valence-electron chi connectivity index (χ0n) is 17.7. The first-order valence-electron chi connectivity index (χ1n) is 10.1. The van der Waals surface area contributed by atoms with Gasteiger partial charge in [0.25, 0.3) is 0 Å². The minimum absolute atomic E-state index is 0.0552. The molecular formula is C24H31ClN2O2. The molecule has 1 N–H and O–H groups in total. The maximum atomic E-state index is 13.1. The minimum atomic E-state index is -0.549. The van der Waals surface area contributed by atoms with E-state index in [4.69, 9.17) is 11.6 Å². The highest BCUT2D eigenvalue weighted by atomic mass is 35.5. The SMILES string of the molecule is Cc1ccccc1CN(C(=O)CCc1ccccc1Cl)[C@@H](C)C(=O)NCC(C)C. The molecule has 0 fully saturated rings. The largest absolute Gasteiger partial charge is 0.354 e. The van der Waals surface area contributed by atoms with E-state index in [2.05, 4.69) is 5.32 Å². The van der Waals surface area contributed by atoms with E-state index in [-0.39, 0.29) is 11.8 Å². The van der Waals surface area contributed by atoms with Gasteiger partial charge in [-0.2, -0.15) is 0 Å². The quantitative estimate of drug-likeness (QED) is 0.642. The minimum Gasteiger partial charge on any atom is -0.354 e. The van der Waals surface area contributed by atoms with Crippen molar-refractivity contribution < 1.29 is 9.59 Å². The maximum Gasteiger partial charge on any atom is 0.242 e. The molecule has 0 heterocycles. The molecular weight excluding hydrogens is 384 g/mol. The molecule has 0 radical (unpaired) electrons. The van der Waals surface area contributed by atoms with Crippen LogP contribution in [0.1, 0.15) is 43.9 Å². The second-order valence-corrected chi connectivity index (χ2v) is 8.26. The molecule has 0 aliphatic carbocycles. The Morgan fingerprint density at radius 2 is 1.62 bits per heavy atom. The molecule has 156 valence electrons. The van der Waals surface area contributed by atoms with Gasteiger partial charge < -0.3 is 10.2 Å². The van der Waals surface area contributed by atoms with Gasteiger partial charge in [0.15, 0.2) is 0 Å². The number of rotatable bonds is 9. The smallest absolute Gasteiger partial charge is 0.242 e. The highest BCUT2D eigenvalue weighted by molar-refractivity contribution is 6.31. The normalized spacial score (nSPS) is 11.9. The molecule has 4 nitrogen and oxygen atoms in total. The number of nitrogens with one attached hydrogen (secondary N) is 1. The summed E-state index contributed by atoms with van der Waals surface area (Å²) in [4.78, 5) is 27.5. The number of halogens is 1. The van der Waals surface area contributed by atoms with Crippen LogP contribution in [0.4, 0.5) is 0 Å². The topological polar surface area (TPSA) is 49.4 Å². The molecule has 2 aromatic rings. The Morgan fingerprint density at radius 1 is 1.00 bits per heavy atom. The summed E-state index contributed by atoms with van der Waals surface area (Å²) in [6.07, 6.45) is 0.848. The molecule has 0 saturated carbocycles. The van der Waals surface area contributed by atoms with Gasteiger partial charge in [-0.3, -0.25) is 9.59 Å². The second-order valence-electron chi connectivity index (χ2n) is 7.85. The van der Waals surface area contributed by atoms with Crippen LogP contribution in [0.15, 0.2) is 48.5 Å². The van der Waals surface area contributed by atoms with Gasteiger partial charge in [0.2, 0.25) is 11.8 Å². The molecule has 2 aromatic carbocycles. The van der Waals surface area contributed by atoms with Gasteiger partial charge in [-0.25, -0.2) is 0 Å². The number of carbonyl (C=O) groups excluding carboxylic acids is 2. The zero-order valence-corrected chi connectivity index (χ0v) is 18.5. The summed E-state index contributed by atoms with van der Waals surface area (Å²) in [6.45, 7) is 8.90. The molecule has 0 aliphatic rings.